The van der Waals surface area contributed by atoms with Crippen molar-refractivity contribution in [1.82, 2.24) is 5.32 Å². The summed E-state index contributed by atoms with van der Waals surface area (Å²) in [5.74, 6) is -0.570. The van der Waals surface area contributed by atoms with Crippen LogP contribution in [0.5, 0.6) is 0 Å². The molecule has 1 aromatic carbocycles. The molecule has 1 aromatic rings. The quantitative estimate of drug-likeness (QED) is 0.770. The van der Waals surface area contributed by atoms with Gasteiger partial charge in [0.2, 0.25) is 0 Å². The Hall–Kier alpha value is -2.04. The third-order valence-corrected chi connectivity index (χ3v) is 4.06. The molecular formula is C20H31NO4. The normalized spacial score (nSPS) is 14.0. The summed E-state index contributed by atoms with van der Waals surface area (Å²) in [5, 5.41) is 12.7. The summed E-state index contributed by atoms with van der Waals surface area (Å²) < 4.78 is 5.26. The van der Waals surface area contributed by atoms with E-state index in [-0.39, 0.29) is 6.54 Å². The van der Waals surface area contributed by atoms with Crippen LogP contribution in [0.2, 0.25) is 0 Å². The molecule has 5 heteroatoms. The minimum Gasteiger partial charge on any atom is -0.481 e. The Kier molecular flexibility index (Phi) is 7.03. The molecule has 0 saturated heterocycles. The number of rotatable bonds is 7. The van der Waals surface area contributed by atoms with Gasteiger partial charge in [-0.1, -0.05) is 43.7 Å². The van der Waals surface area contributed by atoms with Crippen LogP contribution >= 0.6 is 0 Å². The largest absolute Gasteiger partial charge is 0.481 e. The number of carbonyl (C=O) groups is 2. The number of alkyl carbamates (subject to hydrolysis) is 1. The molecular weight excluding hydrogens is 318 g/mol. The number of aliphatic carboxylic acids is 1. The molecule has 0 fully saturated rings. The monoisotopic (exact) mass is 349 g/mol. The van der Waals surface area contributed by atoms with Crippen molar-refractivity contribution in [2.45, 2.75) is 65.4 Å². The first kappa shape index (κ1) is 21.0. The Morgan fingerprint density at radius 3 is 2.36 bits per heavy atom. The number of amides is 1. The average molecular weight is 349 g/mol. The number of hydrogen-bond donors (Lipinski definition) is 2. The lowest BCUT2D eigenvalue weighted by Crippen LogP contribution is -2.48. The summed E-state index contributed by atoms with van der Waals surface area (Å²) in [5.41, 5.74) is -0.105. The Labute approximate surface area is 150 Å². The van der Waals surface area contributed by atoms with Crippen LogP contribution in [0.25, 0.3) is 0 Å². The molecule has 2 N–H and O–H groups in total. The van der Waals surface area contributed by atoms with Crippen LogP contribution in [0.1, 0.15) is 58.6 Å². The predicted octanol–water partition coefficient (Wildman–Crippen LogP) is 4.28. The fourth-order valence-electron chi connectivity index (χ4n) is 2.66. The Bertz CT molecular complexity index is 604. The van der Waals surface area contributed by atoms with E-state index in [0.29, 0.717) is 17.9 Å². The van der Waals surface area contributed by atoms with Gasteiger partial charge < -0.3 is 15.2 Å². The van der Waals surface area contributed by atoms with Crippen LogP contribution in [0.3, 0.4) is 0 Å². The summed E-state index contributed by atoms with van der Waals surface area (Å²) in [6, 6.07) is 7.48. The smallest absolute Gasteiger partial charge is 0.407 e. The third-order valence-electron chi connectivity index (χ3n) is 4.06. The highest BCUT2D eigenvalue weighted by molar-refractivity contribution is 5.83. The van der Waals surface area contributed by atoms with Crippen molar-refractivity contribution in [1.29, 1.82) is 0 Å². The van der Waals surface area contributed by atoms with Gasteiger partial charge in [0.1, 0.15) is 11.0 Å². The molecule has 0 aliphatic heterocycles. The molecule has 1 unspecified atom stereocenters. The standard InChI is InChI=1S/C20H31NO4/c1-14(2)10-11-20(17(22)23,16-9-7-8-15(3)12-16)13-21-18(24)25-19(4,5)6/h7-9,12,14H,10-11,13H2,1-6H3,(H,21,24)(H,22,23). The van der Waals surface area contributed by atoms with Crippen LogP contribution in [0, 0.1) is 12.8 Å². The molecule has 0 aliphatic carbocycles. The highest BCUT2D eigenvalue weighted by Gasteiger charge is 2.41. The molecule has 0 radical (unpaired) electrons. The van der Waals surface area contributed by atoms with Gasteiger partial charge >= 0.3 is 12.1 Å². The highest BCUT2D eigenvalue weighted by atomic mass is 16.6. The second-order valence-electron chi connectivity index (χ2n) is 8.04. The van der Waals surface area contributed by atoms with Crippen molar-refractivity contribution < 1.29 is 19.4 Å². The second-order valence-corrected chi connectivity index (χ2v) is 8.04. The topological polar surface area (TPSA) is 75.6 Å². The van der Waals surface area contributed by atoms with Crippen molar-refractivity contribution >= 4 is 12.1 Å². The molecule has 1 rings (SSSR count). The second kappa shape index (κ2) is 8.37. The van der Waals surface area contributed by atoms with Crippen molar-refractivity contribution in [3.63, 3.8) is 0 Å². The number of carbonyl (C=O) groups excluding carboxylic acids is 1. The van der Waals surface area contributed by atoms with Gasteiger partial charge in [-0.25, -0.2) is 4.79 Å². The first-order valence-electron chi connectivity index (χ1n) is 8.74. The zero-order valence-electron chi connectivity index (χ0n) is 16.2. The maximum Gasteiger partial charge on any atom is 0.407 e. The van der Waals surface area contributed by atoms with Crippen LogP contribution in [0.4, 0.5) is 4.79 Å². The Morgan fingerprint density at radius 2 is 1.88 bits per heavy atom. The molecule has 140 valence electrons. The van der Waals surface area contributed by atoms with Crippen LogP contribution < -0.4 is 5.32 Å². The van der Waals surface area contributed by atoms with Crippen molar-refractivity contribution in [2.75, 3.05) is 6.54 Å². The van der Waals surface area contributed by atoms with E-state index < -0.39 is 23.1 Å². The molecule has 5 nitrogen and oxygen atoms in total. The summed E-state index contributed by atoms with van der Waals surface area (Å²) in [7, 11) is 0. The van der Waals surface area contributed by atoms with Gasteiger partial charge in [0.05, 0.1) is 0 Å². The lowest BCUT2D eigenvalue weighted by molar-refractivity contribution is -0.144. The Balaban J connectivity index is 3.12. The van der Waals surface area contributed by atoms with Gasteiger partial charge in [-0.3, -0.25) is 4.79 Å². The van der Waals surface area contributed by atoms with E-state index in [2.05, 4.69) is 19.2 Å². The van der Waals surface area contributed by atoms with Gasteiger partial charge in [0, 0.05) is 6.54 Å². The summed E-state index contributed by atoms with van der Waals surface area (Å²) in [4.78, 5) is 24.3. The number of benzene rings is 1. The minimum absolute atomic E-state index is 0.00653. The highest BCUT2D eigenvalue weighted by Crippen LogP contribution is 2.32. The number of hydrogen-bond acceptors (Lipinski definition) is 3. The van der Waals surface area contributed by atoms with Gasteiger partial charge in [0.25, 0.3) is 0 Å². The van der Waals surface area contributed by atoms with E-state index in [4.69, 9.17) is 4.74 Å². The predicted molar refractivity (Wildman–Crippen MR) is 98.8 cm³/mol. The van der Waals surface area contributed by atoms with Gasteiger partial charge in [-0.15, -0.1) is 0 Å². The maximum absolute atomic E-state index is 12.3. The minimum atomic E-state index is -1.17. The van der Waals surface area contributed by atoms with E-state index in [1.54, 1.807) is 20.8 Å². The van der Waals surface area contributed by atoms with Gasteiger partial charge in [-0.05, 0) is 52.0 Å². The van der Waals surface area contributed by atoms with E-state index >= 15 is 0 Å². The van der Waals surface area contributed by atoms with Gasteiger partial charge in [-0.2, -0.15) is 0 Å². The molecule has 0 bridgehead atoms. The zero-order chi connectivity index (χ0) is 19.3. The van der Waals surface area contributed by atoms with E-state index in [0.717, 1.165) is 12.0 Å². The average Bonchev–Trinajstić information content (AvgIpc) is 2.45. The van der Waals surface area contributed by atoms with E-state index in [1.165, 1.54) is 0 Å². The third kappa shape index (κ3) is 6.40. The molecule has 0 spiro atoms. The lowest BCUT2D eigenvalue weighted by Gasteiger charge is -2.32. The first-order valence-corrected chi connectivity index (χ1v) is 8.74. The van der Waals surface area contributed by atoms with Crippen molar-refractivity contribution in [3.8, 4) is 0 Å². The maximum atomic E-state index is 12.3. The van der Waals surface area contributed by atoms with Crippen LogP contribution in [-0.2, 0) is 14.9 Å². The molecule has 1 amide bonds. The Morgan fingerprint density at radius 1 is 1.24 bits per heavy atom. The SMILES string of the molecule is Cc1cccc(C(CCC(C)C)(CNC(=O)OC(C)(C)C)C(=O)O)c1. The summed E-state index contributed by atoms with van der Waals surface area (Å²) >= 11 is 0. The number of aryl methyl sites for hydroxylation is 1. The van der Waals surface area contributed by atoms with E-state index in [1.807, 2.05) is 31.2 Å². The van der Waals surface area contributed by atoms with Crippen molar-refractivity contribution in [3.05, 3.63) is 35.4 Å². The van der Waals surface area contributed by atoms with Gasteiger partial charge in [0.15, 0.2) is 0 Å². The summed E-state index contributed by atoms with van der Waals surface area (Å²) in [6.45, 7) is 11.4. The van der Waals surface area contributed by atoms with E-state index in [9.17, 15) is 14.7 Å². The fraction of sp³-hybridized carbons (Fsp3) is 0.600. The fourth-order valence-corrected chi connectivity index (χ4v) is 2.66. The molecule has 0 heterocycles. The number of carboxylic acids is 1. The molecule has 25 heavy (non-hydrogen) atoms. The number of ether oxygens (including phenoxy) is 1. The first-order chi connectivity index (χ1) is 11.5. The molecule has 0 aliphatic rings. The number of nitrogens with one attached hydrogen (secondary N) is 1. The summed E-state index contributed by atoms with van der Waals surface area (Å²) in [6.07, 6.45) is 0.588. The number of carboxylic acid groups (broad SMARTS) is 1. The van der Waals surface area contributed by atoms with Crippen LogP contribution in [-0.4, -0.2) is 29.3 Å². The molecule has 0 aromatic heterocycles. The van der Waals surface area contributed by atoms with Crippen molar-refractivity contribution in [2.24, 2.45) is 5.92 Å². The molecule has 1 atom stereocenters. The zero-order valence-corrected chi connectivity index (χ0v) is 16.2. The lowest BCUT2D eigenvalue weighted by atomic mass is 9.75. The van der Waals surface area contributed by atoms with Crippen LogP contribution in [0.15, 0.2) is 24.3 Å². The molecule has 0 saturated carbocycles.